The van der Waals surface area contributed by atoms with Gasteiger partial charge in [0.05, 0.1) is 10.1 Å². The van der Waals surface area contributed by atoms with Gasteiger partial charge < -0.3 is 10.0 Å². The predicted octanol–water partition coefficient (Wildman–Crippen LogP) is 4.56. The average Bonchev–Trinajstić information content (AvgIpc) is 3.02. The van der Waals surface area contributed by atoms with Crippen molar-refractivity contribution in [3.05, 3.63) is 57.8 Å². The number of aryl methyl sites for hydroxylation is 1. The second kappa shape index (κ2) is 7.08. The zero-order valence-electron chi connectivity index (χ0n) is 13.5. The van der Waals surface area contributed by atoms with Crippen LogP contribution >= 0.6 is 35.5 Å². The van der Waals surface area contributed by atoms with Crippen LogP contribution in [0.3, 0.4) is 0 Å². The molecule has 6 heteroatoms. The van der Waals surface area contributed by atoms with Gasteiger partial charge in [-0.1, -0.05) is 42.1 Å². The Morgan fingerprint density at radius 2 is 2.00 bits per heavy atom. The van der Waals surface area contributed by atoms with Gasteiger partial charge in [0.2, 0.25) is 0 Å². The van der Waals surface area contributed by atoms with Gasteiger partial charge in [-0.15, -0.1) is 23.7 Å². The Kier molecular flexibility index (Phi) is 5.25. The highest BCUT2D eigenvalue weighted by Gasteiger charge is 2.54. The number of nitrogens with zero attached hydrogens (tertiary/aromatic N) is 2. The van der Waals surface area contributed by atoms with Crippen LogP contribution in [0.1, 0.15) is 34.1 Å². The van der Waals surface area contributed by atoms with Crippen molar-refractivity contribution < 1.29 is 5.11 Å². The number of thioether (sulfide) groups is 1. The fraction of sp³-hybridized carbons (Fsp3) is 0.389. The number of rotatable bonds is 2. The molecule has 1 aromatic heterocycles. The first-order valence-electron chi connectivity index (χ1n) is 8.02. The van der Waals surface area contributed by atoms with E-state index in [0.29, 0.717) is 0 Å². The van der Waals surface area contributed by atoms with Gasteiger partial charge in [-0.05, 0) is 42.3 Å². The normalized spacial score (nSPS) is 26.3. The van der Waals surface area contributed by atoms with E-state index in [1.54, 1.807) is 23.1 Å². The number of hydrogen-bond donors (Lipinski definition) is 1. The van der Waals surface area contributed by atoms with E-state index in [1.807, 2.05) is 18.2 Å². The van der Waals surface area contributed by atoms with Gasteiger partial charge in [-0.2, -0.15) is 0 Å². The smallest absolute Gasteiger partial charge is 0.192 e. The van der Waals surface area contributed by atoms with Gasteiger partial charge >= 0.3 is 0 Å². The zero-order chi connectivity index (χ0) is 15.9. The number of fused-ring (bicyclic) bond motifs is 1. The van der Waals surface area contributed by atoms with E-state index in [1.165, 1.54) is 0 Å². The molecule has 4 rings (SSSR count). The summed E-state index contributed by atoms with van der Waals surface area (Å²) < 4.78 is 0. The lowest BCUT2D eigenvalue weighted by Gasteiger charge is -2.37. The van der Waals surface area contributed by atoms with Crippen LogP contribution in [-0.2, 0) is 5.72 Å². The van der Waals surface area contributed by atoms with Gasteiger partial charge in [-0.3, -0.25) is 4.99 Å². The summed E-state index contributed by atoms with van der Waals surface area (Å²) in [7, 11) is 0. The van der Waals surface area contributed by atoms with Crippen LogP contribution in [0.4, 0.5) is 0 Å². The van der Waals surface area contributed by atoms with Crippen molar-refractivity contribution in [2.24, 2.45) is 4.99 Å². The highest BCUT2D eigenvalue weighted by molar-refractivity contribution is 8.14. The Balaban J connectivity index is 0.00000169. The first-order valence-corrected chi connectivity index (χ1v) is 9.78. The number of thiophene rings is 1. The topological polar surface area (TPSA) is 35.8 Å². The highest BCUT2D eigenvalue weighted by Crippen LogP contribution is 2.56. The quantitative estimate of drug-likeness (QED) is 0.829. The summed E-state index contributed by atoms with van der Waals surface area (Å²) in [4.78, 5) is 7.93. The number of benzene rings is 1. The largest absolute Gasteiger partial charge is 0.365 e. The van der Waals surface area contributed by atoms with Crippen molar-refractivity contribution >= 4 is 40.7 Å². The first kappa shape index (κ1) is 17.8. The van der Waals surface area contributed by atoms with Crippen molar-refractivity contribution in [1.82, 2.24) is 4.90 Å². The molecule has 1 aromatic carbocycles. The maximum atomic E-state index is 11.9. The van der Waals surface area contributed by atoms with Gasteiger partial charge in [0.25, 0.3) is 0 Å². The third kappa shape index (κ3) is 2.77. The SMILES string of the molecule is Cc1ccsc1C1(O)C(c2ccccc2)SC2=NCCCCN21.Cl. The lowest BCUT2D eigenvalue weighted by atomic mass is 9.96. The highest BCUT2D eigenvalue weighted by atomic mass is 35.5. The third-order valence-corrected chi connectivity index (χ3v) is 7.09. The molecule has 1 saturated heterocycles. The molecule has 3 heterocycles. The molecule has 0 spiro atoms. The Hall–Kier alpha value is -1.01. The van der Waals surface area contributed by atoms with E-state index < -0.39 is 5.72 Å². The van der Waals surface area contributed by atoms with E-state index >= 15 is 0 Å². The molecule has 1 fully saturated rings. The summed E-state index contributed by atoms with van der Waals surface area (Å²) in [5, 5.41) is 14.9. The molecule has 128 valence electrons. The molecular formula is C18H21ClN2OS2. The number of amidine groups is 1. The van der Waals surface area contributed by atoms with Crippen LogP contribution in [-0.4, -0.2) is 28.3 Å². The fourth-order valence-electron chi connectivity index (χ4n) is 3.40. The summed E-state index contributed by atoms with van der Waals surface area (Å²) in [6.45, 7) is 3.81. The van der Waals surface area contributed by atoms with E-state index in [-0.39, 0.29) is 17.7 Å². The van der Waals surface area contributed by atoms with Crippen LogP contribution in [0.5, 0.6) is 0 Å². The Morgan fingerprint density at radius 1 is 1.21 bits per heavy atom. The van der Waals surface area contributed by atoms with E-state index in [2.05, 4.69) is 35.4 Å². The number of aliphatic imine (C=N–C) groups is 1. The van der Waals surface area contributed by atoms with Crippen LogP contribution < -0.4 is 0 Å². The summed E-state index contributed by atoms with van der Waals surface area (Å²) >= 11 is 3.35. The van der Waals surface area contributed by atoms with Gasteiger partial charge in [0, 0.05) is 13.1 Å². The minimum absolute atomic E-state index is 0. The number of halogens is 1. The summed E-state index contributed by atoms with van der Waals surface area (Å²) in [5.41, 5.74) is 1.31. The molecule has 2 aromatic rings. The molecule has 2 aliphatic rings. The molecule has 2 atom stereocenters. The number of aliphatic hydroxyl groups is 1. The second-order valence-corrected chi connectivity index (χ2v) is 8.08. The molecule has 0 bridgehead atoms. The van der Waals surface area contributed by atoms with Gasteiger partial charge in [0.1, 0.15) is 0 Å². The first-order chi connectivity index (χ1) is 11.2. The molecule has 3 nitrogen and oxygen atoms in total. The number of hydrogen-bond acceptors (Lipinski definition) is 5. The second-order valence-electron chi connectivity index (χ2n) is 6.09. The maximum Gasteiger partial charge on any atom is 0.192 e. The lowest BCUT2D eigenvalue weighted by molar-refractivity contribution is -0.0684. The zero-order valence-corrected chi connectivity index (χ0v) is 16.0. The van der Waals surface area contributed by atoms with Crippen molar-refractivity contribution in [1.29, 1.82) is 0 Å². The van der Waals surface area contributed by atoms with Crippen molar-refractivity contribution in [2.75, 3.05) is 13.1 Å². The molecule has 0 amide bonds. The Labute approximate surface area is 157 Å². The van der Waals surface area contributed by atoms with Crippen LogP contribution in [0.15, 0.2) is 46.8 Å². The minimum Gasteiger partial charge on any atom is -0.365 e. The fourth-order valence-corrected chi connectivity index (χ4v) is 5.98. The third-order valence-electron chi connectivity index (χ3n) is 4.57. The van der Waals surface area contributed by atoms with Crippen LogP contribution in [0.2, 0.25) is 0 Å². The molecule has 0 saturated carbocycles. The van der Waals surface area contributed by atoms with E-state index in [9.17, 15) is 5.11 Å². The summed E-state index contributed by atoms with van der Waals surface area (Å²) in [5.74, 6) is 0. The average molecular weight is 381 g/mol. The van der Waals surface area contributed by atoms with Crippen LogP contribution in [0, 0.1) is 6.92 Å². The molecular weight excluding hydrogens is 360 g/mol. The van der Waals surface area contributed by atoms with Crippen molar-refractivity contribution in [2.45, 2.75) is 30.7 Å². The molecule has 0 aliphatic carbocycles. The maximum absolute atomic E-state index is 11.9. The van der Waals surface area contributed by atoms with E-state index in [4.69, 9.17) is 4.99 Å². The molecule has 0 radical (unpaired) electrons. The standard InChI is InChI=1S/C18H20N2OS2.ClH/c1-13-9-12-22-15(13)18(21)16(14-7-3-2-4-8-14)23-17-19-10-5-6-11-20(17)18;/h2-4,7-9,12,16,21H,5-6,10-11H2,1H3;1H. The Morgan fingerprint density at radius 3 is 2.71 bits per heavy atom. The van der Waals surface area contributed by atoms with Gasteiger partial charge in [0.15, 0.2) is 10.9 Å². The summed E-state index contributed by atoms with van der Waals surface area (Å²) in [6, 6.07) is 12.4. The summed E-state index contributed by atoms with van der Waals surface area (Å²) in [6.07, 6.45) is 2.16. The molecule has 2 aliphatic heterocycles. The Bertz CT molecular complexity index is 734. The van der Waals surface area contributed by atoms with E-state index in [0.717, 1.165) is 47.1 Å². The molecule has 24 heavy (non-hydrogen) atoms. The van der Waals surface area contributed by atoms with Gasteiger partial charge in [-0.25, -0.2) is 0 Å². The van der Waals surface area contributed by atoms with Crippen LogP contribution in [0.25, 0.3) is 0 Å². The molecule has 1 N–H and O–H groups in total. The van der Waals surface area contributed by atoms with Crippen molar-refractivity contribution in [3.8, 4) is 0 Å². The minimum atomic E-state index is -1.01. The van der Waals surface area contributed by atoms with Crippen molar-refractivity contribution in [3.63, 3.8) is 0 Å². The molecule has 2 unspecified atom stereocenters. The predicted molar refractivity (Wildman–Crippen MR) is 105 cm³/mol. The monoisotopic (exact) mass is 380 g/mol. The lowest BCUT2D eigenvalue weighted by Crippen LogP contribution is -2.46.